The summed E-state index contributed by atoms with van der Waals surface area (Å²) in [6, 6.07) is 8.00. The van der Waals surface area contributed by atoms with Crippen molar-refractivity contribution < 1.29 is 0 Å². The van der Waals surface area contributed by atoms with Crippen LogP contribution >= 0.6 is 11.3 Å². The lowest BCUT2D eigenvalue weighted by molar-refractivity contribution is 0.646. The second-order valence-corrected chi connectivity index (χ2v) is 7.44. The van der Waals surface area contributed by atoms with Gasteiger partial charge in [0.25, 0.3) is 5.56 Å². The number of aryl methyl sites for hydroxylation is 2. The molecule has 3 heterocycles. The highest BCUT2D eigenvalue weighted by molar-refractivity contribution is 7.20. The van der Waals surface area contributed by atoms with Gasteiger partial charge in [-0.05, 0) is 38.0 Å². The summed E-state index contributed by atoms with van der Waals surface area (Å²) in [5, 5.41) is 5.35. The third-order valence-corrected chi connectivity index (χ3v) is 5.80. The maximum absolute atomic E-state index is 12.0. The lowest BCUT2D eigenvalue weighted by Crippen LogP contribution is -2.46. The third kappa shape index (κ3) is 2.89. The van der Waals surface area contributed by atoms with Crippen molar-refractivity contribution in [2.45, 2.75) is 20.8 Å². The summed E-state index contributed by atoms with van der Waals surface area (Å²) < 4.78 is 1.41. The Balaban J connectivity index is 1.55. The van der Waals surface area contributed by atoms with Gasteiger partial charge >= 0.3 is 0 Å². The average Bonchev–Trinajstić information content (AvgIpc) is 3.02. The first kappa shape index (κ1) is 16.1. The van der Waals surface area contributed by atoms with Gasteiger partial charge in [-0.15, -0.1) is 5.10 Å². The Hall–Kier alpha value is -2.41. The van der Waals surface area contributed by atoms with Gasteiger partial charge in [0.05, 0.1) is 0 Å². The minimum atomic E-state index is -0.112. The van der Waals surface area contributed by atoms with Gasteiger partial charge in [-0.1, -0.05) is 23.5 Å². The Kier molecular flexibility index (Phi) is 3.95. The molecule has 4 rings (SSSR count). The molecule has 1 aromatic carbocycles. The number of aromatic nitrogens is 3. The van der Waals surface area contributed by atoms with Crippen molar-refractivity contribution in [2.75, 3.05) is 36.0 Å². The van der Waals surface area contributed by atoms with Gasteiger partial charge in [0.2, 0.25) is 10.1 Å². The second kappa shape index (κ2) is 6.15. The number of rotatable bonds is 2. The van der Waals surface area contributed by atoms with Crippen LogP contribution in [0.5, 0.6) is 0 Å². The van der Waals surface area contributed by atoms with Crippen molar-refractivity contribution >= 4 is 27.1 Å². The SMILES string of the molecule is Cc1cc(=O)n2nc(N3CCN(c4cccc(C)c4C)CC3)sc2n1. The zero-order valence-corrected chi connectivity index (χ0v) is 15.5. The van der Waals surface area contributed by atoms with Crippen LogP contribution in [0.4, 0.5) is 10.8 Å². The molecule has 0 saturated carbocycles. The first-order valence-electron chi connectivity index (χ1n) is 8.46. The molecule has 0 aliphatic carbocycles. The molecule has 2 aromatic heterocycles. The number of anilines is 2. The van der Waals surface area contributed by atoms with Crippen molar-refractivity contribution in [1.29, 1.82) is 0 Å². The van der Waals surface area contributed by atoms with Gasteiger partial charge in [0.15, 0.2) is 0 Å². The predicted molar refractivity (Wildman–Crippen MR) is 102 cm³/mol. The Morgan fingerprint density at radius 3 is 2.52 bits per heavy atom. The maximum atomic E-state index is 12.0. The van der Waals surface area contributed by atoms with Crippen LogP contribution in [0, 0.1) is 20.8 Å². The molecule has 0 unspecified atom stereocenters. The normalized spacial score (nSPS) is 15.2. The largest absolute Gasteiger partial charge is 0.368 e. The number of nitrogens with zero attached hydrogens (tertiary/aromatic N) is 5. The highest BCUT2D eigenvalue weighted by atomic mass is 32.1. The van der Waals surface area contributed by atoms with E-state index in [2.05, 4.69) is 51.9 Å². The smallest absolute Gasteiger partial charge is 0.275 e. The molecule has 1 aliphatic heterocycles. The van der Waals surface area contributed by atoms with Gasteiger partial charge in [-0.2, -0.15) is 4.52 Å². The third-order valence-electron chi connectivity index (χ3n) is 4.83. The van der Waals surface area contributed by atoms with E-state index in [4.69, 9.17) is 0 Å². The quantitative estimate of drug-likeness (QED) is 0.707. The molecule has 3 aromatic rings. The van der Waals surface area contributed by atoms with Crippen LogP contribution < -0.4 is 15.4 Å². The summed E-state index contributed by atoms with van der Waals surface area (Å²) >= 11 is 1.48. The number of piperazine rings is 1. The summed E-state index contributed by atoms with van der Waals surface area (Å²) in [7, 11) is 0. The van der Waals surface area contributed by atoms with Gasteiger partial charge in [-0.25, -0.2) is 4.98 Å². The lowest BCUT2D eigenvalue weighted by Gasteiger charge is -2.36. The van der Waals surface area contributed by atoms with Crippen molar-refractivity contribution in [3.05, 3.63) is 51.4 Å². The minimum absolute atomic E-state index is 0.112. The van der Waals surface area contributed by atoms with Crippen LogP contribution in [-0.2, 0) is 0 Å². The predicted octanol–water partition coefficient (Wildman–Crippen LogP) is 2.40. The van der Waals surface area contributed by atoms with Crippen LogP contribution in [0.2, 0.25) is 0 Å². The standard InChI is InChI=1S/C18H21N5OS/c1-12-5-4-6-15(14(12)3)21-7-9-22(10-8-21)18-20-23-16(24)11-13(2)19-17(23)25-18/h4-6,11H,7-10H2,1-3H3. The van der Waals surface area contributed by atoms with Crippen molar-refractivity contribution in [1.82, 2.24) is 14.6 Å². The van der Waals surface area contributed by atoms with E-state index >= 15 is 0 Å². The van der Waals surface area contributed by atoms with E-state index in [9.17, 15) is 4.79 Å². The van der Waals surface area contributed by atoms with E-state index in [0.717, 1.165) is 37.0 Å². The lowest BCUT2D eigenvalue weighted by atomic mass is 10.1. The van der Waals surface area contributed by atoms with Gasteiger partial charge in [0, 0.05) is 43.6 Å². The topological polar surface area (TPSA) is 53.7 Å². The average molecular weight is 355 g/mol. The summed E-state index contributed by atoms with van der Waals surface area (Å²) in [5.41, 5.74) is 4.62. The number of hydrogen-bond donors (Lipinski definition) is 0. The molecule has 1 aliphatic rings. The van der Waals surface area contributed by atoms with Crippen molar-refractivity contribution in [3.8, 4) is 0 Å². The van der Waals surface area contributed by atoms with E-state index in [1.807, 2.05) is 6.92 Å². The van der Waals surface area contributed by atoms with Crippen LogP contribution in [0.15, 0.2) is 29.1 Å². The second-order valence-electron chi connectivity index (χ2n) is 6.51. The van der Waals surface area contributed by atoms with Crippen LogP contribution in [0.3, 0.4) is 0 Å². The van der Waals surface area contributed by atoms with E-state index in [1.54, 1.807) is 0 Å². The molecule has 6 nitrogen and oxygen atoms in total. The van der Waals surface area contributed by atoms with E-state index < -0.39 is 0 Å². The molecule has 0 N–H and O–H groups in total. The summed E-state index contributed by atoms with van der Waals surface area (Å²) in [4.78, 5) is 21.8. The molecular formula is C18H21N5OS. The minimum Gasteiger partial charge on any atom is -0.368 e. The van der Waals surface area contributed by atoms with E-state index in [0.29, 0.717) is 4.96 Å². The fourth-order valence-electron chi connectivity index (χ4n) is 3.25. The van der Waals surface area contributed by atoms with Crippen molar-refractivity contribution in [2.24, 2.45) is 0 Å². The molecule has 25 heavy (non-hydrogen) atoms. The van der Waals surface area contributed by atoms with Gasteiger partial charge in [-0.3, -0.25) is 4.79 Å². The molecule has 0 radical (unpaired) electrons. The molecule has 7 heteroatoms. The summed E-state index contributed by atoms with van der Waals surface area (Å²) in [5.74, 6) is 0. The maximum Gasteiger partial charge on any atom is 0.275 e. The summed E-state index contributed by atoms with van der Waals surface area (Å²) in [6.45, 7) is 9.85. The number of benzene rings is 1. The molecular weight excluding hydrogens is 334 g/mol. The molecule has 0 atom stereocenters. The van der Waals surface area contributed by atoms with Crippen LogP contribution in [0.25, 0.3) is 4.96 Å². The molecule has 0 bridgehead atoms. The molecule has 0 amide bonds. The molecule has 1 fully saturated rings. The Morgan fingerprint density at radius 2 is 1.76 bits per heavy atom. The fraction of sp³-hybridized carbons (Fsp3) is 0.389. The Labute approximate surface area is 150 Å². The van der Waals surface area contributed by atoms with E-state index in [-0.39, 0.29) is 5.56 Å². The van der Waals surface area contributed by atoms with Gasteiger partial charge in [0.1, 0.15) is 0 Å². The zero-order valence-electron chi connectivity index (χ0n) is 14.7. The molecule has 1 saturated heterocycles. The Bertz CT molecular complexity index is 985. The van der Waals surface area contributed by atoms with Crippen LogP contribution in [0.1, 0.15) is 16.8 Å². The molecule has 0 spiro atoms. The first-order valence-corrected chi connectivity index (χ1v) is 9.28. The monoisotopic (exact) mass is 355 g/mol. The molecule has 130 valence electrons. The fourth-order valence-corrected chi connectivity index (χ4v) is 4.26. The van der Waals surface area contributed by atoms with Crippen LogP contribution in [-0.4, -0.2) is 40.8 Å². The summed E-state index contributed by atoms with van der Waals surface area (Å²) in [6.07, 6.45) is 0. The number of hydrogen-bond acceptors (Lipinski definition) is 6. The zero-order chi connectivity index (χ0) is 17.6. The first-order chi connectivity index (χ1) is 12.0. The van der Waals surface area contributed by atoms with Crippen molar-refractivity contribution in [3.63, 3.8) is 0 Å². The highest BCUT2D eigenvalue weighted by Crippen LogP contribution is 2.27. The van der Waals surface area contributed by atoms with Gasteiger partial charge < -0.3 is 9.80 Å². The number of fused-ring (bicyclic) bond motifs is 1. The Morgan fingerprint density at radius 1 is 1.04 bits per heavy atom. The highest BCUT2D eigenvalue weighted by Gasteiger charge is 2.22. The van der Waals surface area contributed by atoms with E-state index in [1.165, 1.54) is 38.7 Å².